The molecule has 0 bridgehead atoms. The lowest BCUT2D eigenvalue weighted by Crippen LogP contribution is -2.14. The zero-order chi connectivity index (χ0) is 10.9. The smallest absolute Gasteiger partial charge is 0.150 e. The number of aliphatic hydroxyl groups is 1. The molecule has 82 valence electrons. The van der Waals surface area contributed by atoms with Crippen LogP contribution in [0.1, 0.15) is 18.1 Å². The highest BCUT2D eigenvalue weighted by Gasteiger charge is 2.33. The molecule has 1 fully saturated rings. The highest BCUT2D eigenvalue weighted by atomic mass is 32.2. The Kier molecular flexibility index (Phi) is 2.80. The second-order valence-electron chi connectivity index (χ2n) is 4.02. The molecule has 0 spiro atoms. The summed E-state index contributed by atoms with van der Waals surface area (Å²) in [6, 6.07) is 9.23. The van der Waals surface area contributed by atoms with E-state index in [1.165, 1.54) is 0 Å². The second-order valence-corrected chi connectivity index (χ2v) is 6.25. The number of hydrogen-bond donors (Lipinski definition) is 1. The van der Waals surface area contributed by atoms with Gasteiger partial charge in [-0.2, -0.15) is 0 Å². The predicted molar refractivity (Wildman–Crippen MR) is 58.2 cm³/mol. The standard InChI is InChI=1S/C11H14O3S/c12-11(9-4-2-1-3-5-9)10-6-7-15(13,14)8-10/h1-5,10-12H,6-8H2. The normalized spacial score (nSPS) is 26.3. The maximum atomic E-state index is 11.3. The van der Waals surface area contributed by atoms with Crippen molar-refractivity contribution < 1.29 is 13.5 Å². The Balaban J connectivity index is 2.14. The van der Waals surface area contributed by atoms with E-state index >= 15 is 0 Å². The minimum Gasteiger partial charge on any atom is -0.388 e. The summed E-state index contributed by atoms with van der Waals surface area (Å²) in [5.41, 5.74) is 0.805. The molecule has 1 N–H and O–H groups in total. The highest BCUT2D eigenvalue weighted by Crippen LogP contribution is 2.30. The zero-order valence-electron chi connectivity index (χ0n) is 8.33. The van der Waals surface area contributed by atoms with E-state index in [9.17, 15) is 13.5 Å². The third-order valence-electron chi connectivity index (χ3n) is 2.86. The van der Waals surface area contributed by atoms with Crippen LogP contribution < -0.4 is 0 Å². The lowest BCUT2D eigenvalue weighted by atomic mass is 9.95. The van der Waals surface area contributed by atoms with Crippen LogP contribution in [0, 0.1) is 5.92 Å². The van der Waals surface area contributed by atoms with Crippen molar-refractivity contribution in [3.63, 3.8) is 0 Å². The summed E-state index contributed by atoms with van der Waals surface area (Å²) < 4.78 is 22.5. The first-order chi connectivity index (χ1) is 7.08. The van der Waals surface area contributed by atoms with Gasteiger partial charge in [-0.1, -0.05) is 30.3 Å². The van der Waals surface area contributed by atoms with Crippen molar-refractivity contribution in [1.82, 2.24) is 0 Å². The maximum Gasteiger partial charge on any atom is 0.150 e. The summed E-state index contributed by atoms with van der Waals surface area (Å²) in [4.78, 5) is 0. The molecule has 1 aliphatic rings. The first kappa shape index (κ1) is 10.6. The van der Waals surface area contributed by atoms with Crippen molar-refractivity contribution in [1.29, 1.82) is 0 Å². The molecule has 1 saturated heterocycles. The molecule has 4 heteroatoms. The van der Waals surface area contributed by atoms with Crippen LogP contribution in [0.15, 0.2) is 30.3 Å². The van der Waals surface area contributed by atoms with Gasteiger partial charge in [-0.05, 0) is 12.0 Å². The number of aliphatic hydroxyl groups excluding tert-OH is 1. The van der Waals surface area contributed by atoms with Gasteiger partial charge >= 0.3 is 0 Å². The minimum absolute atomic E-state index is 0.114. The van der Waals surface area contributed by atoms with E-state index in [1.807, 2.05) is 30.3 Å². The van der Waals surface area contributed by atoms with Gasteiger partial charge in [-0.15, -0.1) is 0 Å². The van der Waals surface area contributed by atoms with E-state index < -0.39 is 15.9 Å². The quantitative estimate of drug-likeness (QED) is 0.823. The molecule has 15 heavy (non-hydrogen) atoms. The van der Waals surface area contributed by atoms with E-state index in [0.29, 0.717) is 6.42 Å². The predicted octanol–water partition coefficient (Wildman–Crippen LogP) is 1.15. The van der Waals surface area contributed by atoms with E-state index in [-0.39, 0.29) is 17.4 Å². The van der Waals surface area contributed by atoms with Gasteiger partial charge in [0.1, 0.15) is 0 Å². The largest absolute Gasteiger partial charge is 0.388 e. The van der Waals surface area contributed by atoms with Gasteiger partial charge in [0.05, 0.1) is 17.6 Å². The molecule has 0 saturated carbocycles. The molecular weight excluding hydrogens is 212 g/mol. The molecule has 1 aliphatic heterocycles. The summed E-state index contributed by atoms with van der Waals surface area (Å²) in [6.07, 6.45) is -0.0817. The van der Waals surface area contributed by atoms with E-state index in [2.05, 4.69) is 0 Å². The molecular formula is C11H14O3S. The lowest BCUT2D eigenvalue weighted by Gasteiger charge is -2.16. The topological polar surface area (TPSA) is 54.4 Å². The second kappa shape index (κ2) is 3.94. The zero-order valence-corrected chi connectivity index (χ0v) is 9.15. The summed E-state index contributed by atoms with van der Waals surface area (Å²) in [7, 11) is -2.91. The van der Waals surface area contributed by atoms with Gasteiger partial charge in [-0.3, -0.25) is 0 Å². The molecule has 0 aliphatic carbocycles. The van der Waals surface area contributed by atoms with Crippen LogP contribution in [0.5, 0.6) is 0 Å². The molecule has 1 aromatic carbocycles. The number of sulfone groups is 1. The van der Waals surface area contributed by atoms with Crippen LogP contribution in [-0.4, -0.2) is 25.0 Å². The Morgan fingerprint density at radius 1 is 1.27 bits per heavy atom. The fraction of sp³-hybridized carbons (Fsp3) is 0.455. The summed E-state index contributed by atoms with van der Waals surface area (Å²) in [5.74, 6) is 0.183. The third-order valence-corrected chi connectivity index (χ3v) is 4.65. The molecule has 1 aromatic rings. The Morgan fingerprint density at radius 2 is 1.93 bits per heavy atom. The van der Waals surface area contributed by atoms with Crippen molar-refractivity contribution in [3.8, 4) is 0 Å². The summed E-state index contributed by atoms with van der Waals surface area (Å²) >= 11 is 0. The van der Waals surface area contributed by atoms with Gasteiger partial charge < -0.3 is 5.11 Å². The monoisotopic (exact) mass is 226 g/mol. The Morgan fingerprint density at radius 3 is 2.47 bits per heavy atom. The summed E-state index contributed by atoms with van der Waals surface area (Å²) in [6.45, 7) is 0. The molecule has 2 atom stereocenters. The lowest BCUT2D eigenvalue weighted by molar-refractivity contribution is 0.121. The first-order valence-corrected chi connectivity index (χ1v) is 6.84. The van der Waals surface area contributed by atoms with Gasteiger partial charge in [0.15, 0.2) is 9.84 Å². The van der Waals surface area contributed by atoms with Gasteiger partial charge in [0, 0.05) is 5.92 Å². The van der Waals surface area contributed by atoms with Crippen molar-refractivity contribution in [2.75, 3.05) is 11.5 Å². The van der Waals surface area contributed by atoms with Gasteiger partial charge in [0.2, 0.25) is 0 Å². The average molecular weight is 226 g/mol. The molecule has 0 radical (unpaired) electrons. The van der Waals surface area contributed by atoms with Crippen LogP contribution in [0.2, 0.25) is 0 Å². The summed E-state index contributed by atoms with van der Waals surface area (Å²) in [5, 5.41) is 9.99. The van der Waals surface area contributed by atoms with Crippen LogP contribution >= 0.6 is 0 Å². The highest BCUT2D eigenvalue weighted by molar-refractivity contribution is 7.91. The number of benzene rings is 1. The van der Waals surface area contributed by atoms with Crippen LogP contribution in [0.25, 0.3) is 0 Å². The molecule has 3 nitrogen and oxygen atoms in total. The van der Waals surface area contributed by atoms with E-state index in [4.69, 9.17) is 0 Å². The maximum absolute atomic E-state index is 11.3. The fourth-order valence-electron chi connectivity index (χ4n) is 2.00. The SMILES string of the molecule is O=S1(=O)CCC(C(O)c2ccccc2)C1. The number of rotatable bonds is 2. The minimum atomic E-state index is -2.91. The van der Waals surface area contributed by atoms with Crippen molar-refractivity contribution >= 4 is 9.84 Å². The molecule has 0 aromatic heterocycles. The average Bonchev–Trinajstić information content (AvgIpc) is 2.59. The van der Waals surface area contributed by atoms with Gasteiger partial charge in [0.25, 0.3) is 0 Å². The van der Waals surface area contributed by atoms with Crippen molar-refractivity contribution in [3.05, 3.63) is 35.9 Å². The van der Waals surface area contributed by atoms with Crippen LogP contribution in [-0.2, 0) is 9.84 Å². The van der Waals surface area contributed by atoms with Crippen LogP contribution in [0.4, 0.5) is 0 Å². The molecule has 2 unspecified atom stereocenters. The first-order valence-electron chi connectivity index (χ1n) is 5.02. The molecule has 2 rings (SSSR count). The molecule has 0 amide bonds. The van der Waals surface area contributed by atoms with E-state index in [0.717, 1.165) is 5.56 Å². The Labute approximate surface area is 89.7 Å². The van der Waals surface area contributed by atoms with Gasteiger partial charge in [-0.25, -0.2) is 8.42 Å². The fourth-order valence-corrected chi connectivity index (χ4v) is 3.82. The third kappa shape index (κ3) is 2.38. The number of hydrogen-bond acceptors (Lipinski definition) is 3. The van der Waals surface area contributed by atoms with E-state index in [1.54, 1.807) is 0 Å². The Bertz CT molecular complexity index is 424. The Hall–Kier alpha value is -0.870. The van der Waals surface area contributed by atoms with Crippen LogP contribution in [0.3, 0.4) is 0 Å². The molecule has 1 heterocycles. The van der Waals surface area contributed by atoms with Crippen molar-refractivity contribution in [2.45, 2.75) is 12.5 Å². The van der Waals surface area contributed by atoms with Crippen molar-refractivity contribution in [2.24, 2.45) is 5.92 Å².